The van der Waals surface area contributed by atoms with E-state index < -0.39 is 0 Å². The molecule has 1 aromatic heterocycles. The maximum absolute atomic E-state index is 4.73. The second kappa shape index (κ2) is 6.85. The molecule has 0 bridgehead atoms. The summed E-state index contributed by atoms with van der Waals surface area (Å²) in [6.45, 7) is 6.72. The smallest absolute Gasteiger partial charge is 0.113 e. The number of aromatic nitrogens is 1. The van der Waals surface area contributed by atoms with E-state index in [-0.39, 0.29) is 5.54 Å². The van der Waals surface area contributed by atoms with Crippen LogP contribution in [-0.4, -0.2) is 11.0 Å². The van der Waals surface area contributed by atoms with Crippen molar-refractivity contribution in [1.29, 1.82) is 0 Å². The van der Waals surface area contributed by atoms with Crippen molar-refractivity contribution in [3.8, 4) is 0 Å². The van der Waals surface area contributed by atoms with Crippen molar-refractivity contribution < 1.29 is 0 Å². The van der Waals surface area contributed by atoms with E-state index in [9.17, 15) is 0 Å². The molecular formula is C16H28N2S. The van der Waals surface area contributed by atoms with E-state index in [1.54, 1.807) is 0 Å². The van der Waals surface area contributed by atoms with Gasteiger partial charge in [-0.15, -0.1) is 11.3 Å². The van der Waals surface area contributed by atoms with Crippen molar-refractivity contribution >= 4 is 11.3 Å². The van der Waals surface area contributed by atoms with E-state index in [2.05, 4.69) is 31.5 Å². The molecule has 0 aliphatic heterocycles. The van der Waals surface area contributed by atoms with Gasteiger partial charge in [0.05, 0.1) is 5.54 Å². The molecule has 2 rings (SSSR count). The molecule has 1 aliphatic rings. The summed E-state index contributed by atoms with van der Waals surface area (Å²) >= 11 is 1.82. The highest BCUT2D eigenvalue weighted by Gasteiger charge is 2.35. The van der Waals surface area contributed by atoms with Crippen LogP contribution in [0, 0.1) is 6.92 Å². The molecule has 108 valence electrons. The predicted molar refractivity (Wildman–Crippen MR) is 83.7 cm³/mol. The third-order valence-corrected chi connectivity index (χ3v) is 5.20. The highest BCUT2D eigenvalue weighted by Crippen LogP contribution is 2.34. The molecule has 1 heterocycles. The number of nitrogens with one attached hydrogen (secondary N) is 1. The average Bonchev–Trinajstić information content (AvgIpc) is 3.07. The molecule has 1 saturated carbocycles. The first-order valence-corrected chi connectivity index (χ1v) is 8.72. The van der Waals surface area contributed by atoms with Crippen LogP contribution in [0.3, 0.4) is 0 Å². The molecule has 0 spiro atoms. The summed E-state index contributed by atoms with van der Waals surface area (Å²) < 4.78 is 0. The van der Waals surface area contributed by atoms with Gasteiger partial charge in [-0.1, -0.05) is 39.0 Å². The summed E-state index contributed by atoms with van der Waals surface area (Å²) in [5.41, 5.74) is 1.27. The van der Waals surface area contributed by atoms with Crippen molar-refractivity contribution in [3.05, 3.63) is 16.1 Å². The van der Waals surface area contributed by atoms with Crippen molar-refractivity contribution in [1.82, 2.24) is 10.3 Å². The monoisotopic (exact) mass is 280 g/mol. The summed E-state index contributed by atoms with van der Waals surface area (Å²) in [5, 5.41) is 7.30. The van der Waals surface area contributed by atoms with Gasteiger partial charge in [-0.05, 0) is 33.1 Å². The fourth-order valence-corrected chi connectivity index (χ4v) is 3.56. The summed E-state index contributed by atoms with van der Waals surface area (Å²) in [5.74, 6) is 0. The van der Waals surface area contributed by atoms with E-state index in [1.807, 2.05) is 11.3 Å². The lowest BCUT2D eigenvalue weighted by Gasteiger charge is -2.29. The SMILES string of the molecule is CCCCCCCC(C)(NC1CC1)c1nc(C)cs1. The summed E-state index contributed by atoms with van der Waals surface area (Å²) in [7, 11) is 0. The van der Waals surface area contributed by atoms with Gasteiger partial charge in [0.1, 0.15) is 5.01 Å². The second-order valence-electron chi connectivity index (χ2n) is 6.21. The Bertz CT molecular complexity index is 384. The zero-order valence-corrected chi connectivity index (χ0v) is 13.5. The molecule has 0 saturated heterocycles. The lowest BCUT2D eigenvalue weighted by atomic mass is 9.94. The third kappa shape index (κ3) is 4.57. The van der Waals surface area contributed by atoms with Gasteiger partial charge in [0.25, 0.3) is 0 Å². The van der Waals surface area contributed by atoms with E-state index in [4.69, 9.17) is 4.98 Å². The number of hydrogen-bond acceptors (Lipinski definition) is 3. The standard InChI is InChI=1S/C16H28N2S/c1-4-5-6-7-8-11-16(3,18-14-9-10-14)15-17-13(2)12-19-15/h12,14,18H,4-11H2,1-3H3. The zero-order chi connectivity index (χ0) is 13.7. The zero-order valence-electron chi connectivity index (χ0n) is 12.7. The minimum absolute atomic E-state index is 0.103. The second-order valence-corrected chi connectivity index (χ2v) is 7.07. The van der Waals surface area contributed by atoms with E-state index >= 15 is 0 Å². The normalized spacial score (nSPS) is 18.5. The van der Waals surface area contributed by atoms with Crippen LogP contribution in [0.2, 0.25) is 0 Å². The molecule has 2 nitrogen and oxygen atoms in total. The molecule has 1 atom stereocenters. The topological polar surface area (TPSA) is 24.9 Å². The summed E-state index contributed by atoms with van der Waals surface area (Å²) in [6.07, 6.45) is 10.7. The van der Waals surface area contributed by atoms with E-state index in [0.717, 1.165) is 11.7 Å². The first kappa shape index (κ1) is 15.0. The minimum Gasteiger partial charge on any atom is -0.303 e. The Balaban J connectivity index is 1.90. The molecule has 0 amide bonds. The molecule has 1 aromatic rings. The molecule has 3 heteroatoms. The first-order chi connectivity index (χ1) is 9.14. The largest absolute Gasteiger partial charge is 0.303 e. The van der Waals surface area contributed by atoms with Gasteiger partial charge in [0.2, 0.25) is 0 Å². The number of nitrogens with zero attached hydrogens (tertiary/aromatic N) is 1. The number of aryl methyl sites for hydroxylation is 1. The quantitative estimate of drug-likeness (QED) is 0.658. The predicted octanol–water partition coefficient (Wildman–Crippen LogP) is 4.78. The minimum atomic E-state index is 0.103. The number of unbranched alkanes of at least 4 members (excludes halogenated alkanes) is 4. The van der Waals surface area contributed by atoms with Crippen LogP contribution in [0.4, 0.5) is 0 Å². The molecular weight excluding hydrogens is 252 g/mol. The lowest BCUT2D eigenvalue weighted by molar-refractivity contribution is 0.320. The maximum atomic E-state index is 4.73. The Hall–Kier alpha value is -0.410. The number of hydrogen-bond donors (Lipinski definition) is 1. The van der Waals surface area contributed by atoms with Crippen LogP contribution in [0.15, 0.2) is 5.38 Å². The molecule has 1 aliphatic carbocycles. The maximum Gasteiger partial charge on any atom is 0.113 e. The highest BCUT2D eigenvalue weighted by molar-refractivity contribution is 7.09. The van der Waals surface area contributed by atoms with Crippen molar-refractivity contribution in [2.24, 2.45) is 0 Å². The van der Waals surface area contributed by atoms with Gasteiger partial charge in [-0.2, -0.15) is 0 Å². The number of rotatable bonds is 9. The molecule has 19 heavy (non-hydrogen) atoms. The van der Waals surface area contributed by atoms with Gasteiger partial charge in [-0.3, -0.25) is 0 Å². The number of thiazole rings is 1. The Kier molecular flexibility index (Phi) is 5.40. The molecule has 1 unspecified atom stereocenters. The van der Waals surface area contributed by atoms with Crippen LogP contribution in [-0.2, 0) is 5.54 Å². The molecule has 1 fully saturated rings. The third-order valence-electron chi connectivity index (χ3n) is 3.97. The van der Waals surface area contributed by atoms with Gasteiger partial charge in [0, 0.05) is 17.1 Å². The van der Waals surface area contributed by atoms with Crippen LogP contribution < -0.4 is 5.32 Å². The van der Waals surface area contributed by atoms with Gasteiger partial charge in [-0.25, -0.2) is 4.98 Å². The van der Waals surface area contributed by atoms with Crippen molar-refractivity contribution in [2.45, 2.75) is 83.7 Å². The van der Waals surface area contributed by atoms with Crippen LogP contribution >= 0.6 is 11.3 Å². The van der Waals surface area contributed by atoms with E-state index in [0.29, 0.717) is 0 Å². The first-order valence-electron chi connectivity index (χ1n) is 7.84. The van der Waals surface area contributed by atoms with Gasteiger partial charge in [0.15, 0.2) is 0 Å². The Morgan fingerprint density at radius 1 is 1.32 bits per heavy atom. The van der Waals surface area contributed by atoms with Crippen LogP contribution in [0.5, 0.6) is 0 Å². The summed E-state index contributed by atoms with van der Waals surface area (Å²) in [6, 6.07) is 0.741. The highest BCUT2D eigenvalue weighted by atomic mass is 32.1. The van der Waals surface area contributed by atoms with Gasteiger partial charge < -0.3 is 5.32 Å². The summed E-state index contributed by atoms with van der Waals surface area (Å²) in [4.78, 5) is 4.73. The molecule has 0 aromatic carbocycles. The fourth-order valence-electron chi connectivity index (χ4n) is 2.61. The molecule has 1 N–H and O–H groups in total. The van der Waals surface area contributed by atoms with Gasteiger partial charge >= 0.3 is 0 Å². The van der Waals surface area contributed by atoms with Crippen LogP contribution in [0.1, 0.15) is 75.9 Å². The Labute approximate surface area is 122 Å². The Morgan fingerprint density at radius 3 is 2.63 bits per heavy atom. The van der Waals surface area contributed by atoms with E-state index in [1.165, 1.54) is 56.4 Å². The Morgan fingerprint density at radius 2 is 2.05 bits per heavy atom. The lowest BCUT2D eigenvalue weighted by Crippen LogP contribution is -2.41. The fraction of sp³-hybridized carbons (Fsp3) is 0.812. The van der Waals surface area contributed by atoms with Crippen molar-refractivity contribution in [3.63, 3.8) is 0 Å². The van der Waals surface area contributed by atoms with Crippen LogP contribution in [0.25, 0.3) is 0 Å². The van der Waals surface area contributed by atoms with Crippen molar-refractivity contribution in [2.75, 3.05) is 0 Å². The molecule has 0 radical (unpaired) electrons. The average molecular weight is 280 g/mol.